The van der Waals surface area contributed by atoms with Gasteiger partial charge < -0.3 is 14.4 Å². The summed E-state index contributed by atoms with van der Waals surface area (Å²) in [5, 5.41) is 0. The van der Waals surface area contributed by atoms with Gasteiger partial charge in [0.1, 0.15) is 0 Å². The molecule has 5 heteroatoms. The van der Waals surface area contributed by atoms with Crippen LogP contribution in [0, 0.1) is 0 Å². The summed E-state index contributed by atoms with van der Waals surface area (Å²) in [6, 6.07) is 0. The summed E-state index contributed by atoms with van der Waals surface area (Å²) in [5.74, 6) is -2.06. The van der Waals surface area contributed by atoms with Crippen molar-refractivity contribution in [3.8, 4) is 0 Å². The maximum absolute atomic E-state index is 13.4. The van der Waals surface area contributed by atoms with Gasteiger partial charge in [0.2, 0.25) is 0 Å². The van der Waals surface area contributed by atoms with Crippen molar-refractivity contribution in [3.05, 3.63) is 48.6 Å². The van der Waals surface area contributed by atoms with E-state index in [1.54, 1.807) is 0 Å². The van der Waals surface area contributed by atoms with E-state index in [1.165, 1.54) is 77.0 Å². The molecule has 1 aliphatic heterocycles. The second kappa shape index (κ2) is 30.3. The molecule has 270 valence electrons. The third-order valence-electron chi connectivity index (χ3n) is 8.82. The summed E-state index contributed by atoms with van der Waals surface area (Å²) in [5.41, 5.74) is 0. The van der Waals surface area contributed by atoms with Gasteiger partial charge in [-0.2, -0.15) is 0 Å². The molecule has 5 nitrogen and oxygen atoms in total. The maximum Gasteiger partial charge on any atom is 0.290 e. The van der Waals surface area contributed by atoms with Crippen LogP contribution in [0.2, 0.25) is 0 Å². The van der Waals surface area contributed by atoms with Crippen molar-refractivity contribution in [3.63, 3.8) is 0 Å². The lowest BCUT2D eigenvalue weighted by molar-refractivity contribution is -0.192. The average molecular weight is 656 g/mol. The number of allylic oxidation sites excluding steroid dienone is 8. The van der Waals surface area contributed by atoms with E-state index in [2.05, 4.69) is 62.5 Å². The molecule has 1 rings (SSSR count). The number of unbranched alkanes of at least 4 members (excludes halogenated alkanes) is 16. The van der Waals surface area contributed by atoms with Crippen LogP contribution < -0.4 is 0 Å². The first-order valence-electron chi connectivity index (χ1n) is 19.6. The number of likely N-dealkylation sites (N-methyl/N-ethyl adjacent to an activating group) is 1. The quantitative estimate of drug-likeness (QED) is 0.0410. The molecule has 1 atom stereocenters. The lowest BCUT2D eigenvalue weighted by atomic mass is 9.96. The number of ketones is 2. The second-order valence-electron chi connectivity index (χ2n) is 13.7. The molecule has 1 fully saturated rings. The van der Waals surface area contributed by atoms with Crippen LogP contribution in [0.15, 0.2) is 48.6 Å². The molecule has 1 unspecified atom stereocenters. The fourth-order valence-electron chi connectivity index (χ4n) is 5.98. The van der Waals surface area contributed by atoms with Crippen LogP contribution in [0.3, 0.4) is 0 Å². The zero-order valence-corrected chi connectivity index (χ0v) is 31.2. The topological polar surface area (TPSA) is 55.8 Å². The molecule has 0 N–H and O–H groups in total. The standard InChI is InChI=1S/C42H73NO4/c1-5-7-9-11-13-15-17-19-21-23-25-27-29-31-33-35-40(44)42(46-38-39(47-42)37-43(3)4)41(45)36-34-32-30-28-26-24-22-20-18-16-14-12-10-8-6-2/h13-16,19-22,39H,5-12,17-18,23-38H2,1-4H3/b15-13-,16-14-,21-19-,22-20-. The Morgan fingerprint density at radius 2 is 0.957 bits per heavy atom. The molecule has 1 heterocycles. The zero-order valence-electron chi connectivity index (χ0n) is 31.2. The molecule has 0 aliphatic carbocycles. The molecular formula is C42H73NO4. The number of nitrogens with zero attached hydrogens (tertiary/aromatic N) is 1. The van der Waals surface area contributed by atoms with Gasteiger partial charge in [-0.3, -0.25) is 9.59 Å². The van der Waals surface area contributed by atoms with E-state index in [-0.39, 0.29) is 17.7 Å². The van der Waals surface area contributed by atoms with Crippen LogP contribution in [0.5, 0.6) is 0 Å². The van der Waals surface area contributed by atoms with Crippen molar-refractivity contribution in [2.75, 3.05) is 27.2 Å². The fourth-order valence-corrected chi connectivity index (χ4v) is 5.98. The van der Waals surface area contributed by atoms with Crippen LogP contribution in [0.4, 0.5) is 0 Å². The Morgan fingerprint density at radius 1 is 0.574 bits per heavy atom. The summed E-state index contributed by atoms with van der Waals surface area (Å²) in [6.45, 7) is 5.41. The molecule has 0 aromatic carbocycles. The zero-order chi connectivity index (χ0) is 34.3. The van der Waals surface area contributed by atoms with Crippen molar-refractivity contribution in [1.82, 2.24) is 4.90 Å². The number of Topliss-reactive ketones (excluding diaryl/α,β-unsaturated/α-hetero) is 2. The Morgan fingerprint density at radius 3 is 1.36 bits per heavy atom. The first kappa shape index (κ1) is 43.2. The van der Waals surface area contributed by atoms with Crippen molar-refractivity contribution in [1.29, 1.82) is 0 Å². The molecule has 1 saturated heterocycles. The molecule has 0 amide bonds. The Kier molecular flexibility index (Phi) is 27.8. The minimum absolute atomic E-state index is 0.183. The normalized spacial score (nSPS) is 16.7. The van der Waals surface area contributed by atoms with E-state index in [4.69, 9.17) is 9.47 Å². The van der Waals surface area contributed by atoms with E-state index < -0.39 is 5.79 Å². The predicted octanol–water partition coefficient (Wildman–Crippen LogP) is 11.4. The van der Waals surface area contributed by atoms with Gasteiger partial charge in [-0.05, 0) is 91.1 Å². The third-order valence-corrected chi connectivity index (χ3v) is 8.82. The predicted molar refractivity (Wildman–Crippen MR) is 201 cm³/mol. The fraction of sp³-hybridized carbons (Fsp3) is 0.762. The largest absolute Gasteiger partial charge is 0.335 e. The molecule has 0 aromatic rings. The average Bonchev–Trinajstić information content (AvgIpc) is 3.49. The number of hydrogen-bond acceptors (Lipinski definition) is 5. The molecule has 0 saturated carbocycles. The Hall–Kier alpha value is -1.82. The van der Waals surface area contributed by atoms with Crippen molar-refractivity contribution in [2.45, 2.75) is 180 Å². The van der Waals surface area contributed by atoms with Crippen molar-refractivity contribution in [2.24, 2.45) is 0 Å². The van der Waals surface area contributed by atoms with Crippen LogP contribution in [-0.2, 0) is 19.1 Å². The van der Waals surface area contributed by atoms with E-state index in [0.29, 0.717) is 26.0 Å². The number of carbonyl (C=O) groups is 2. The Bertz CT molecular complexity index is 829. The molecular weight excluding hydrogens is 582 g/mol. The van der Waals surface area contributed by atoms with Gasteiger partial charge in [0.25, 0.3) is 5.79 Å². The van der Waals surface area contributed by atoms with E-state index in [9.17, 15) is 9.59 Å². The maximum atomic E-state index is 13.4. The summed E-state index contributed by atoms with van der Waals surface area (Å²) in [6.07, 6.45) is 43.7. The van der Waals surface area contributed by atoms with Gasteiger partial charge in [-0.1, -0.05) is 127 Å². The summed E-state index contributed by atoms with van der Waals surface area (Å²) < 4.78 is 12.1. The van der Waals surface area contributed by atoms with Crippen LogP contribution in [0.25, 0.3) is 0 Å². The van der Waals surface area contributed by atoms with E-state index in [1.807, 2.05) is 19.0 Å². The van der Waals surface area contributed by atoms with Crippen molar-refractivity contribution < 1.29 is 19.1 Å². The van der Waals surface area contributed by atoms with Gasteiger partial charge in [-0.25, -0.2) is 0 Å². The molecule has 0 bridgehead atoms. The highest BCUT2D eigenvalue weighted by molar-refractivity contribution is 6.09. The number of rotatable bonds is 32. The number of carbonyl (C=O) groups excluding carboxylic acids is 2. The van der Waals surface area contributed by atoms with E-state index >= 15 is 0 Å². The van der Waals surface area contributed by atoms with Gasteiger partial charge in [0.05, 0.1) is 12.7 Å². The van der Waals surface area contributed by atoms with Gasteiger partial charge in [-0.15, -0.1) is 0 Å². The first-order chi connectivity index (χ1) is 23.0. The first-order valence-corrected chi connectivity index (χ1v) is 19.6. The summed E-state index contributed by atoms with van der Waals surface area (Å²) in [7, 11) is 3.94. The molecule has 47 heavy (non-hydrogen) atoms. The van der Waals surface area contributed by atoms with Gasteiger partial charge in [0, 0.05) is 19.4 Å². The SMILES string of the molecule is CCCCC/C=C\C/C=C\CCCCCCCC(=O)C1(C(=O)CCCCCCC/C=C\C/C=C\CCCCC)OCC(CN(C)C)O1. The van der Waals surface area contributed by atoms with Crippen molar-refractivity contribution >= 4 is 11.6 Å². The minimum atomic E-state index is -1.69. The number of ether oxygens (including phenoxy) is 2. The summed E-state index contributed by atoms with van der Waals surface area (Å²) in [4.78, 5) is 28.9. The lowest BCUT2D eigenvalue weighted by Gasteiger charge is -2.26. The van der Waals surface area contributed by atoms with Gasteiger partial charge in [0.15, 0.2) is 11.6 Å². The van der Waals surface area contributed by atoms with Crippen LogP contribution >= 0.6 is 0 Å². The monoisotopic (exact) mass is 656 g/mol. The highest BCUT2D eigenvalue weighted by Gasteiger charge is 2.53. The minimum Gasteiger partial charge on any atom is -0.335 e. The Balaban J connectivity index is 2.29. The molecule has 0 spiro atoms. The molecule has 0 radical (unpaired) electrons. The van der Waals surface area contributed by atoms with Gasteiger partial charge >= 0.3 is 0 Å². The molecule has 0 aromatic heterocycles. The highest BCUT2D eigenvalue weighted by atomic mass is 16.8. The van der Waals surface area contributed by atoms with Crippen LogP contribution in [-0.4, -0.2) is 55.6 Å². The highest BCUT2D eigenvalue weighted by Crippen LogP contribution is 2.30. The smallest absolute Gasteiger partial charge is 0.290 e. The third kappa shape index (κ3) is 22.4. The number of hydrogen-bond donors (Lipinski definition) is 0. The van der Waals surface area contributed by atoms with E-state index in [0.717, 1.165) is 64.2 Å². The molecule has 1 aliphatic rings. The van der Waals surface area contributed by atoms with Crippen LogP contribution in [0.1, 0.15) is 168 Å². The Labute approximate surface area is 290 Å². The second-order valence-corrected chi connectivity index (χ2v) is 13.7. The lowest BCUT2D eigenvalue weighted by Crippen LogP contribution is -2.48. The summed E-state index contributed by atoms with van der Waals surface area (Å²) >= 11 is 0.